The number of amides is 1. The number of nitrogens with zero attached hydrogens (tertiary/aromatic N) is 2. The van der Waals surface area contributed by atoms with Gasteiger partial charge >= 0.3 is 0 Å². The van der Waals surface area contributed by atoms with Crippen molar-refractivity contribution in [1.29, 1.82) is 5.41 Å². The van der Waals surface area contributed by atoms with Crippen LogP contribution < -0.4 is 4.74 Å². The molecule has 1 amide bonds. The maximum Gasteiger partial charge on any atom is 0.283 e. The van der Waals surface area contributed by atoms with E-state index in [1.165, 1.54) is 11.8 Å². The molecule has 5 rings (SSSR count). The van der Waals surface area contributed by atoms with E-state index in [0.29, 0.717) is 21.0 Å². The first-order chi connectivity index (χ1) is 16.5. The molecule has 3 aromatic carbocycles. The highest BCUT2D eigenvalue weighted by Crippen LogP contribution is 2.37. The second-order valence-corrected chi connectivity index (χ2v) is 9.14. The highest BCUT2D eigenvalue weighted by Gasteiger charge is 2.36. The number of fused-ring (bicyclic) bond motifs is 1. The summed E-state index contributed by atoms with van der Waals surface area (Å²) >= 11 is 13.7. The Morgan fingerprint density at radius 3 is 2.38 bits per heavy atom. The lowest BCUT2D eigenvalue weighted by atomic mass is 10.1. The summed E-state index contributed by atoms with van der Waals surface area (Å²) in [4.78, 5) is 18.6. The first kappa shape index (κ1) is 22.5. The van der Waals surface area contributed by atoms with E-state index in [-0.39, 0.29) is 18.0 Å². The van der Waals surface area contributed by atoms with Gasteiger partial charge in [-0.15, -0.1) is 0 Å². The van der Waals surface area contributed by atoms with Gasteiger partial charge in [-0.3, -0.25) is 15.1 Å². The van der Waals surface area contributed by atoms with Crippen LogP contribution in [0.1, 0.15) is 16.7 Å². The summed E-state index contributed by atoms with van der Waals surface area (Å²) in [7, 11) is 0. The summed E-state index contributed by atoms with van der Waals surface area (Å²) in [5.41, 5.74) is 3.49. The quantitative estimate of drug-likeness (QED) is 0.384. The van der Waals surface area contributed by atoms with Crippen molar-refractivity contribution in [3.05, 3.63) is 111 Å². The normalized spacial score (nSPS) is 16.4. The number of hydrogen-bond acceptors (Lipinski definition) is 4. The molecule has 168 valence electrons. The summed E-state index contributed by atoms with van der Waals surface area (Å²) in [5.74, 6) is 0.303. The van der Waals surface area contributed by atoms with Crippen LogP contribution >= 0.6 is 35.0 Å². The fraction of sp³-hybridized carbons (Fsp3) is 0.0385. The molecule has 1 N–H and O–H groups in total. The van der Waals surface area contributed by atoms with Crippen molar-refractivity contribution < 1.29 is 9.53 Å². The summed E-state index contributed by atoms with van der Waals surface area (Å²) in [6.07, 6.45) is 1.67. The summed E-state index contributed by atoms with van der Waals surface area (Å²) in [6.45, 7) is 0.237. The summed E-state index contributed by atoms with van der Waals surface area (Å²) < 4.78 is 5.82. The maximum absolute atomic E-state index is 12.7. The van der Waals surface area contributed by atoms with E-state index < -0.39 is 5.91 Å². The second kappa shape index (κ2) is 9.50. The number of carbonyl (C=O) groups is 1. The number of amidine groups is 2. The van der Waals surface area contributed by atoms with Gasteiger partial charge in [0, 0.05) is 21.0 Å². The van der Waals surface area contributed by atoms with Crippen molar-refractivity contribution in [2.75, 3.05) is 0 Å². The van der Waals surface area contributed by atoms with Crippen LogP contribution in [-0.2, 0) is 11.4 Å². The molecular formula is C26H17Cl2N3O2S. The number of hydrogen-bond donors (Lipinski definition) is 1. The monoisotopic (exact) mass is 505 g/mol. The van der Waals surface area contributed by atoms with Crippen LogP contribution in [0, 0.1) is 5.41 Å². The topological polar surface area (TPSA) is 65.8 Å². The van der Waals surface area contributed by atoms with Gasteiger partial charge < -0.3 is 4.74 Å². The third-order valence-electron chi connectivity index (χ3n) is 5.32. The molecule has 0 aromatic heterocycles. The number of rotatable bonds is 5. The molecule has 0 atom stereocenters. The Balaban J connectivity index is 1.35. The van der Waals surface area contributed by atoms with Crippen LogP contribution in [0.2, 0.25) is 10.0 Å². The molecule has 3 aromatic rings. The van der Waals surface area contributed by atoms with Crippen LogP contribution in [0.25, 0.3) is 11.8 Å². The van der Waals surface area contributed by atoms with E-state index in [2.05, 4.69) is 4.99 Å². The zero-order valence-corrected chi connectivity index (χ0v) is 20.0. The summed E-state index contributed by atoms with van der Waals surface area (Å²) in [6, 6.07) is 22.3. The van der Waals surface area contributed by atoms with Crippen LogP contribution in [0.5, 0.6) is 5.75 Å². The smallest absolute Gasteiger partial charge is 0.283 e. The molecule has 8 heteroatoms. The zero-order chi connectivity index (χ0) is 23.7. The van der Waals surface area contributed by atoms with Crippen molar-refractivity contribution >= 4 is 63.6 Å². The lowest BCUT2D eigenvalue weighted by Gasteiger charge is -2.26. The minimum atomic E-state index is -0.430. The zero-order valence-electron chi connectivity index (χ0n) is 17.7. The predicted molar refractivity (Wildman–Crippen MR) is 139 cm³/mol. The van der Waals surface area contributed by atoms with Gasteiger partial charge in [-0.25, -0.2) is 0 Å². The molecule has 2 aliphatic rings. The van der Waals surface area contributed by atoms with Crippen LogP contribution in [-0.4, -0.2) is 21.8 Å². The van der Waals surface area contributed by atoms with Gasteiger partial charge in [0.15, 0.2) is 5.17 Å². The largest absolute Gasteiger partial charge is 0.489 e. The number of benzene rings is 3. The van der Waals surface area contributed by atoms with E-state index in [0.717, 1.165) is 22.4 Å². The van der Waals surface area contributed by atoms with Crippen LogP contribution in [0.4, 0.5) is 0 Å². The molecule has 0 saturated heterocycles. The number of thioether (sulfide) groups is 1. The van der Waals surface area contributed by atoms with E-state index >= 15 is 0 Å². The van der Waals surface area contributed by atoms with Crippen molar-refractivity contribution in [2.24, 2.45) is 4.99 Å². The molecule has 2 aliphatic heterocycles. The predicted octanol–water partition coefficient (Wildman–Crippen LogP) is 6.88. The standard InChI is InChI=1S/C26H17Cl2N3O2S/c27-21-7-4-8-22(28)20(21)14-33-18-11-9-16(10-12-18)13-19-24(29)31-23(17-5-2-1-3-6-17)15-34-26(31)30-25(19)32/h1-13,15,29H,14H2. The number of halogens is 2. The minimum Gasteiger partial charge on any atom is -0.489 e. The number of nitrogens with one attached hydrogen (secondary N) is 1. The highest BCUT2D eigenvalue weighted by molar-refractivity contribution is 8.17. The fourth-order valence-corrected chi connectivity index (χ4v) is 4.96. The molecule has 0 unspecified atom stereocenters. The van der Waals surface area contributed by atoms with Gasteiger partial charge in [0.1, 0.15) is 18.2 Å². The van der Waals surface area contributed by atoms with Crippen molar-refractivity contribution in [1.82, 2.24) is 4.90 Å². The van der Waals surface area contributed by atoms with Gasteiger partial charge in [-0.2, -0.15) is 4.99 Å². The Morgan fingerprint density at radius 1 is 0.971 bits per heavy atom. The molecular weight excluding hydrogens is 489 g/mol. The van der Waals surface area contributed by atoms with Crippen molar-refractivity contribution in [3.63, 3.8) is 0 Å². The van der Waals surface area contributed by atoms with Crippen LogP contribution in [0.15, 0.2) is 88.8 Å². The fourth-order valence-electron chi connectivity index (χ4n) is 3.57. The number of aliphatic imine (C=N–C) groups is 1. The van der Waals surface area contributed by atoms with Gasteiger partial charge in [0.25, 0.3) is 5.91 Å². The van der Waals surface area contributed by atoms with Crippen molar-refractivity contribution in [2.45, 2.75) is 6.61 Å². The van der Waals surface area contributed by atoms with E-state index in [1.807, 2.05) is 47.9 Å². The Labute approximate surface area is 210 Å². The Hall–Kier alpha value is -3.32. The van der Waals surface area contributed by atoms with Gasteiger partial charge in [-0.05, 0) is 41.5 Å². The molecule has 34 heavy (non-hydrogen) atoms. The SMILES string of the molecule is N=C1C(=Cc2ccc(OCc3c(Cl)cccc3Cl)cc2)C(=O)N=C2SC=C(c3ccccc3)N12. The maximum atomic E-state index is 12.7. The van der Waals surface area contributed by atoms with Crippen molar-refractivity contribution in [3.8, 4) is 5.75 Å². The van der Waals surface area contributed by atoms with E-state index in [1.54, 1.807) is 41.3 Å². The first-order valence-electron chi connectivity index (χ1n) is 10.3. The highest BCUT2D eigenvalue weighted by atomic mass is 35.5. The second-order valence-electron chi connectivity index (χ2n) is 7.49. The first-order valence-corrected chi connectivity index (χ1v) is 12.0. The Morgan fingerprint density at radius 2 is 1.68 bits per heavy atom. The molecule has 0 fully saturated rings. The lowest BCUT2D eigenvalue weighted by molar-refractivity contribution is -0.114. The van der Waals surface area contributed by atoms with E-state index in [9.17, 15) is 4.79 Å². The minimum absolute atomic E-state index is 0.101. The lowest BCUT2D eigenvalue weighted by Crippen LogP contribution is -2.37. The van der Waals surface area contributed by atoms with E-state index in [4.69, 9.17) is 33.3 Å². The molecule has 0 radical (unpaired) electrons. The molecule has 0 bridgehead atoms. The third-order valence-corrected chi connectivity index (χ3v) is 6.85. The average Bonchev–Trinajstić information content (AvgIpc) is 3.27. The average molecular weight is 506 g/mol. The van der Waals surface area contributed by atoms with Crippen LogP contribution in [0.3, 0.4) is 0 Å². The molecule has 0 saturated carbocycles. The van der Waals surface area contributed by atoms with Gasteiger partial charge in [0.05, 0.1) is 11.3 Å². The Bertz CT molecular complexity index is 1360. The Kier molecular flexibility index (Phi) is 6.28. The molecule has 0 aliphatic carbocycles. The van der Waals surface area contributed by atoms with Gasteiger partial charge in [-0.1, -0.05) is 83.5 Å². The number of ether oxygens (including phenoxy) is 1. The summed E-state index contributed by atoms with van der Waals surface area (Å²) in [5, 5.41) is 12.2. The molecule has 2 heterocycles. The number of carbonyl (C=O) groups excluding carboxylic acids is 1. The molecule has 0 spiro atoms. The van der Waals surface area contributed by atoms with Gasteiger partial charge in [0.2, 0.25) is 0 Å². The third kappa shape index (κ3) is 4.40. The molecule has 5 nitrogen and oxygen atoms in total.